The topological polar surface area (TPSA) is 79.0 Å². The molecule has 0 saturated carbocycles. The minimum absolute atomic E-state index is 0.404. The van der Waals surface area contributed by atoms with Crippen LogP contribution < -0.4 is 20.4 Å². The van der Waals surface area contributed by atoms with Crippen LogP contribution in [-0.2, 0) is 0 Å². The van der Waals surface area contributed by atoms with E-state index >= 15 is 0 Å². The molecular formula is C26H34N6O2. The SMILES string of the molecule is Cc1ccc2occ/c(=N\Nc3cc(N4CCCCC4)nc(OCCN4CCCCC4)n3)c2c1. The van der Waals surface area contributed by atoms with Crippen LogP contribution in [0.5, 0.6) is 6.01 Å². The predicted octanol–water partition coefficient (Wildman–Crippen LogP) is 4.31. The molecule has 3 aromatic rings. The number of ether oxygens (including phenoxy) is 1. The lowest BCUT2D eigenvalue weighted by molar-refractivity contribution is 0.177. The van der Waals surface area contributed by atoms with E-state index in [-0.39, 0.29) is 0 Å². The Morgan fingerprint density at radius 1 is 0.971 bits per heavy atom. The molecule has 0 spiro atoms. The molecule has 0 radical (unpaired) electrons. The first-order valence-corrected chi connectivity index (χ1v) is 12.5. The second kappa shape index (κ2) is 10.9. The molecule has 1 N–H and O–H groups in total. The number of hydrogen-bond donors (Lipinski definition) is 1. The summed E-state index contributed by atoms with van der Waals surface area (Å²) in [6.45, 7) is 7.87. The van der Waals surface area contributed by atoms with E-state index in [0.29, 0.717) is 18.4 Å². The average Bonchev–Trinajstić information content (AvgIpc) is 2.88. The number of benzene rings is 1. The number of aromatic nitrogens is 2. The monoisotopic (exact) mass is 462 g/mol. The van der Waals surface area contributed by atoms with Crippen molar-refractivity contribution in [2.75, 3.05) is 49.7 Å². The number of fused-ring (bicyclic) bond motifs is 1. The van der Waals surface area contributed by atoms with E-state index in [1.54, 1.807) is 6.26 Å². The maximum Gasteiger partial charge on any atom is 0.320 e. The highest BCUT2D eigenvalue weighted by Crippen LogP contribution is 2.23. The maximum atomic E-state index is 6.03. The van der Waals surface area contributed by atoms with Crippen LogP contribution in [0.3, 0.4) is 0 Å². The lowest BCUT2D eigenvalue weighted by Gasteiger charge is -2.28. The van der Waals surface area contributed by atoms with Gasteiger partial charge >= 0.3 is 6.01 Å². The Balaban J connectivity index is 1.37. The Labute approximate surface area is 200 Å². The molecule has 2 saturated heterocycles. The van der Waals surface area contributed by atoms with Gasteiger partial charge in [0.1, 0.15) is 18.0 Å². The van der Waals surface area contributed by atoms with E-state index in [1.807, 2.05) is 24.3 Å². The van der Waals surface area contributed by atoms with Crippen LogP contribution in [0, 0.1) is 6.92 Å². The fourth-order valence-electron chi connectivity index (χ4n) is 4.69. The number of piperidine rings is 2. The Morgan fingerprint density at radius 2 is 1.76 bits per heavy atom. The molecule has 34 heavy (non-hydrogen) atoms. The van der Waals surface area contributed by atoms with Crippen molar-refractivity contribution in [3.05, 3.63) is 47.5 Å². The number of nitrogens with zero attached hydrogens (tertiary/aromatic N) is 5. The van der Waals surface area contributed by atoms with Crippen molar-refractivity contribution in [3.63, 3.8) is 0 Å². The molecule has 2 aliphatic heterocycles. The molecule has 5 rings (SSSR count). The van der Waals surface area contributed by atoms with Crippen LogP contribution in [-0.4, -0.2) is 54.2 Å². The van der Waals surface area contributed by atoms with E-state index < -0.39 is 0 Å². The number of likely N-dealkylation sites (tertiary alicyclic amines) is 1. The summed E-state index contributed by atoms with van der Waals surface area (Å²) in [6, 6.07) is 10.3. The molecule has 4 heterocycles. The summed E-state index contributed by atoms with van der Waals surface area (Å²) in [5.74, 6) is 1.52. The first-order chi connectivity index (χ1) is 16.7. The van der Waals surface area contributed by atoms with Gasteiger partial charge in [0, 0.05) is 37.2 Å². The van der Waals surface area contributed by atoms with Crippen LogP contribution in [0.4, 0.5) is 11.6 Å². The third kappa shape index (κ3) is 5.67. The maximum absolute atomic E-state index is 6.03. The highest BCUT2D eigenvalue weighted by Gasteiger charge is 2.16. The second-order valence-electron chi connectivity index (χ2n) is 9.22. The van der Waals surface area contributed by atoms with Gasteiger partial charge in [-0.3, -0.25) is 10.3 Å². The first-order valence-electron chi connectivity index (χ1n) is 12.5. The molecule has 180 valence electrons. The van der Waals surface area contributed by atoms with Crippen molar-refractivity contribution in [3.8, 4) is 6.01 Å². The molecule has 0 aliphatic carbocycles. The summed E-state index contributed by atoms with van der Waals surface area (Å²) in [7, 11) is 0. The van der Waals surface area contributed by atoms with Crippen molar-refractivity contribution in [1.29, 1.82) is 0 Å². The van der Waals surface area contributed by atoms with E-state index in [0.717, 1.165) is 60.4 Å². The minimum Gasteiger partial charge on any atom is -0.464 e. The van der Waals surface area contributed by atoms with Crippen LogP contribution >= 0.6 is 0 Å². The Kier molecular flexibility index (Phi) is 7.24. The number of rotatable bonds is 7. The summed E-state index contributed by atoms with van der Waals surface area (Å²) in [5, 5.41) is 6.40. The fourth-order valence-corrected chi connectivity index (χ4v) is 4.69. The largest absolute Gasteiger partial charge is 0.464 e. The number of aryl methyl sites for hydroxylation is 1. The van der Waals surface area contributed by atoms with Crippen molar-refractivity contribution < 1.29 is 9.15 Å². The summed E-state index contributed by atoms with van der Waals surface area (Å²) < 4.78 is 11.7. The van der Waals surface area contributed by atoms with Gasteiger partial charge in [-0.2, -0.15) is 15.1 Å². The van der Waals surface area contributed by atoms with Crippen molar-refractivity contribution in [2.45, 2.75) is 45.4 Å². The molecular weight excluding hydrogens is 428 g/mol. The number of anilines is 2. The van der Waals surface area contributed by atoms with E-state index in [9.17, 15) is 0 Å². The van der Waals surface area contributed by atoms with Gasteiger partial charge in [-0.1, -0.05) is 18.1 Å². The highest BCUT2D eigenvalue weighted by atomic mass is 16.5. The van der Waals surface area contributed by atoms with Gasteiger partial charge in [-0.05, 0) is 64.3 Å². The van der Waals surface area contributed by atoms with Crippen molar-refractivity contribution in [2.24, 2.45) is 5.10 Å². The molecule has 2 aliphatic rings. The summed E-state index contributed by atoms with van der Waals surface area (Å²) in [6.07, 6.45) is 9.18. The molecule has 0 bridgehead atoms. The molecule has 0 unspecified atom stereocenters. The van der Waals surface area contributed by atoms with E-state index in [1.165, 1.54) is 38.5 Å². The van der Waals surface area contributed by atoms with Gasteiger partial charge in [-0.25, -0.2) is 0 Å². The standard InChI is InChI=1S/C26H34N6O2/c1-20-8-9-23-21(18-20)22(10-16-33-23)29-30-24-19-25(32-13-6-3-7-14-32)28-26(27-24)34-17-15-31-11-4-2-5-12-31/h8-10,16,18-19H,2-7,11-15,17H2,1H3,(H,27,28,30)/b29-22+. The average molecular weight is 463 g/mol. The van der Waals surface area contributed by atoms with Gasteiger partial charge in [0.2, 0.25) is 0 Å². The van der Waals surface area contributed by atoms with Gasteiger partial charge in [0.05, 0.1) is 11.6 Å². The Hall–Kier alpha value is -3.13. The number of hydrogen-bond acceptors (Lipinski definition) is 8. The van der Waals surface area contributed by atoms with E-state index in [4.69, 9.17) is 14.1 Å². The molecule has 2 aromatic heterocycles. The third-order valence-electron chi connectivity index (χ3n) is 6.58. The zero-order chi connectivity index (χ0) is 23.2. The van der Waals surface area contributed by atoms with Gasteiger partial charge in [0.25, 0.3) is 0 Å². The summed E-state index contributed by atoms with van der Waals surface area (Å²) in [5.41, 5.74) is 5.10. The lowest BCUT2D eigenvalue weighted by atomic mass is 10.1. The van der Waals surface area contributed by atoms with Gasteiger partial charge < -0.3 is 14.1 Å². The summed E-state index contributed by atoms with van der Waals surface area (Å²) >= 11 is 0. The zero-order valence-electron chi connectivity index (χ0n) is 20.0. The van der Waals surface area contributed by atoms with Crippen LogP contribution in [0.15, 0.2) is 46.1 Å². The highest BCUT2D eigenvalue weighted by molar-refractivity contribution is 5.76. The summed E-state index contributed by atoms with van der Waals surface area (Å²) in [4.78, 5) is 14.1. The van der Waals surface area contributed by atoms with Crippen LogP contribution in [0.2, 0.25) is 0 Å². The second-order valence-corrected chi connectivity index (χ2v) is 9.22. The van der Waals surface area contributed by atoms with E-state index in [2.05, 4.69) is 38.3 Å². The first kappa shape index (κ1) is 22.7. The normalized spacial score (nSPS) is 17.8. The van der Waals surface area contributed by atoms with Crippen molar-refractivity contribution in [1.82, 2.24) is 14.9 Å². The molecule has 8 heteroatoms. The molecule has 0 amide bonds. The predicted molar refractivity (Wildman–Crippen MR) is 134 cm³/mol. The van der Waals surface area contributed by atoms with Crippen LogP contribution in [0.25, 0.3) is 11.0 Å². The number of nitrogens with one attached hydrogen (secondary N) is 1. The molecule has 1 aromatic carbocycles. The molecule has 8 nitrogen and oxygen atoms in total. The Morgan fingerprint density at radius 3 is 2.59 bits per heavy atom. The van der Waals surface area contributed by atoms with Crippen molar-refractivity contribution >= 4 is 22.6 Å². The Bertz CT molecular complexity index is 1170. The smallest absolute Gasteiger partial charge is 0.320 e. The van der Waals surface area contributed by atoms with Gasteiger partial charge in [-0.15, -0.1) is 0 Å². The lowest BCUT2D eigenvalue weighted by Crippen LogP contribution is -2.33. The molecule has 0 atom stereocenters. The molecule has 2 fully saturated rings. The zero-order valence-corrected chi connectivity index (χ0v) is 20.0. The fraction of sp³-hybridized carbons (Fsp3) is 0.500. The quantitative estimate of drug-likeness (QED) is 0.524. The third-order valence-corrected chi connectivity index (χ3v) is 6.58. The van der Waals surface area contributed by atoms with Gasteiger partial charge in [0.15, 0.2) is 5.82 Å². The van der Waals surface area contributed by atoms with Crippen LogP contribution in [0.1, 0.15) is 44.1 Å². The minimum atomic E-state index is 0.404.